The van der Waals surface area contributed by atoms with E-state index in [0.717, 1.165) is 10.6 Å². The van der Waals surface area contributed by atoms with E-state index in [9.17, 15) is 9.59 Å². The van der Waals surface area contributed by atoms with Crippen LogP contribution in [0.3, 0.4) is 0 Å². The topological polar surface area (TPSA) is 80.8 Å². The maximum Gasteiger partial charge on any atom is 0.434 e. The molecule has 7 heteroatoms. The van der Waals surface area contributed by atoms with Crippen LogP contribution in [0.15, 0.2) is 18.5 Å². The molecule has 0 radical (unpaired) electrons. The van der Waals surface area contributed by atoms with Gasteiger partial charge in [-0.1, -0.05) is 0 Å². The minimum atomic E-state index is -0.759. The Hall–Kier alpha value is -2.31. The van der Waals surface area contributed by atoms with Crippen LogP contribution in [-0.4, -0.2) is 28.4 Å². The van der Waals surface area contributed by atoms with Gasteiger partial charge in [0.25, 0.3) is 0 Å². The Balaban J connectivity index is 3.02. The summed E-state index contributed by atoms with van der Waals surface area (Å²) in [5.74, 6) is 0. The summed E-state index contributed by atoms with van der Waals surface area (Å²) < 4.78 is 10.5. The smallest absolute Gasteiger partial charge is 0.434 e. The number of aromatic nitrogens is 1. The molecule has 0 spiro atoms. The van der Waals surface area contributed by atoms with Gasteiger partial charge in [0.2, 0.25) is 0 Å². The summed E-state index contributed by atoms with van der Waals surface area (Å²) in [6, 6.07) is 1.70. The van der Waals surface area contributed by atoms with E-state index in [1.54, 1.807) is 53.8 Å². The number of carbonyl (C=O) groups is 2. The van der Waals surface area contributed by atoms with Crippen LogP contribution in [-0.2, 0) is 9.47 Å². The van der Waals surface area contributed by atoms with Crippen LogP contribution >= 0.6 is 0 Å². The number of nitrogens with one attached hydrogen (secondary N) is 1. The number of hydrazine groups is 1. The van der Waals surface area contributed by atoms with E-state index in [1.165, 1.54) is 6.20 Å². The fourth-order valence-corrected chi connectivity index (χ4v) is 1.58. The Morgan fingerprint density at radius 2 is 1.61 bits per heavy atom. The van der Waals surface area contributed by atoms with Crippen LogP contribution < -0.4 is 10.4 Å². The minimum Gasteiger partial charge on any atom is -0.443 e. The van der Waals surface area contributed by atoms with Crippen molar-refractivity contribution >= 4 is 17.9 Å². The largest absolute Gasteiger partial charge is 0.443 e. The van der Waals surface area contributed by atoms with Gasteiger partial charge in [0, 0.05) is 6.20 Å². The Morgan fingerprint density at radius 3 is 2.09 bits per heavy atom. The van der Waals surface area contributed by atoms with E-state index in [1.807, 2.05) is 6.92 Å². The summed E-state index contributed by atoms with van der Waals surface area (Å²) in [7, 11) is 0. The molecule has 0 atom stereocenters. The van der Waals surface area contributed by atoms with Gasteiger partial charge in [-0.3, -0.25) is 4.98 Å². The third kappa shape index (κ3) is 6.99. The van der Waals surface area contributed by atoms with Crippen LogP contribution in [0.5, 0.6) is 0 Å². The molecule has 0 saturated heterocycles. The van der Waals surface area contributed by atoms with Crippen molar-refractivity contribution in [3.63, 3.8) is 0 Å². The van der Waals surface area contributed by atoms with Gasteiger partial charge in [0.05, 0.1) is 11.9 Å². The maximum atomic E-state index is 12.4. The summed E-state index contributed by atoms with van der Waals surface area (Å²) in [6.07, 6.45) is 1.61. The Morgan fingerprint density at radius 1 is 1.04 bits per heavy atom. The number of amides is 2. The highest BCUT2D eigenvalue weighted by Crippen LogP contribution is 2.17. The first-order valence-corrected chi connectivity index (χ1v) is 7.32. The zero-order valence-corrected chi connectivity index (χ0v) is 14.8. The molecule has 0 unspecified atom stereocenters. The van der Waals surface area contributed by atoms with Crippen LogP contribution in [0.2, 0.25) is 0 Å². The second-order valence-electron chi connectivity index (χ2n) is 7.15. The van der Waals surface area contributed by atoms with Crippen LogP contribution in [0.25, 0.3) is 0 Å². The molecule has 7 nitrogen and oxygen atoms in total. The van der Waals surface area contributed by atoms with Crippen molar-refractivity contribution in [1.82, 2.24) is 10.4 Å². The third-order valence-electron chi connectivity index (χ3n) is 2.30. The van der Waals surface area contributed by atoms with E-state index in [-0.39, 0.29) is 0 Å². The number of ether oxygens (including phenoxy) is 2. The Labute approximate surface area is 136 Å². The summed E-state index contributed by atoms with van der Waals surface area (Å²) in [5.41, 5.74) is 2.22. The molecule has 0 aliphatic rings. The highest BCUT2D eigenvalue weighted by Gasteiger charge is 2.27. The Bertz CT molecular complexity index is 573. The van der Waals surface area contributed by atoms with Crippen molar-refractivity contribution in [3.05, 3.63) is 24.0 Å². The molecular weight excluding hydrogens is 298 g/mol. The zero-order chi connectivity index (χ0) is 17.8. The second kappa shape index (κ2) is 6.85. The number of hydrogen-bond acceptors (Lipinski definition) is 5. The number of hydrogen-bond donors (Lipinski definition) is 1. The predicted molar refractivity (Wildman–Crippen MR) is 87.1 cm³/mol. The van der Waals surface area contributed by atoms with Gasteiger partial charge >= 0.3 is 12.2 Å². The summed E-state index contributed by atoms with van der Waals surface area (Å²) >= 11 is 0. The lowest BCUT2D eigenvalue weighted by Crippen LogP contribution is -2.50. The molecule has 1 rings (SSSR count). The average Bonchev–Trinajstić information content (AvgIpc) is 2.31. The Kier molecular flexibility index (Phi) is 5.58. The minimum absolute atomic E-state index is 0.380. The highest BCUT2D eigenvalue weighted by atomic mass is 16.6. The molecule has 1 aromatic rings. The molecule has 0 aliphatic heterocycles. The van der Waals surface area contributed by atoms with Gasteiger partial charge in [-0.15, -0.1) is 0 Å². The number of anilines is 1. The molecule has 2 amide bonds. The molecule has 23 heavy (non-hydrogen) atoms. The van der Waals surface area contributed by atoms with Gasteiger partial charge in [-0.05, 0) is 60.1 Å². The van der Waals surface area contributed by atoms with E-state index in [2.05, 4.69) is 10.4 Å². The lowest BCUT2D eigenvalue weighted by atomic mass is 10.2. The number of aryl methyl sites for hydroxylation is 1. The lowest BCUT2D eigenvalue weighted by Gasteiger charge is -2.28. The number of rotatable bonds is 1. The van der Waals surface area contributed by atoms with Gasteiger partial charge in [-0.25, -0.2) is 15.0 Å². The molecule has 1 aromatic heterocycles. The first-order chi connectivity index (χ1) is 10.4. The van der Waals surface area contributed by atoms with Crippen molar-refractivity contribution < 1.29 is 19.1 Å². The lowest BCUT2D eigenvalue weighted by molar-refractivity contribution is 0.0425. The normalized spacial score (nSPS) is 11.6. The molecule has 0 saturated carbocycles. The summed E-state index contributed by atoms with van der Waals surface area (Å²) in [6.45, 7) is 12.3. The fraction of sp³-hybridized carbons (Fsp3) is 0.562. The van der Waals surface area contributed by atoms with Crippen LogP contribution in [0, 0.1) is 6.92 Å². The van der Waals surface area contributed by atoms with Gasteiger partial charge < -0.3 is 9.47 Å². The quantitative estimate of drug-likeness (QED) is 0.799. The first kappa shape index (κ1) is 18.7. The van der Waals surface area contributed by atoms with Gasteiger partial charge in [0.1, 0.15) is 11.2 Å². The molecule has 1 N–H and O–H groups in total. The highest BCUT2D eigenvalue weighted by molar-refractivity contribution is 5.90. The fourth-order valence-electron chi connectivity index (χ4n) is 1.58. The van der Waals surface area contributed by atoms with Crippen molar-refractivity contribution in [3.8, 4) is 0 Å². The van der Waals surface area contributed by atoms with E-state index >= 15 is 0 Å². The van der Waals surface area contributed by atoms with Crippen molar-refractivity contribution in [2.45, 2.75) is 59.7 Å². The monoisotopic (exact) mass is 323 g/mol. The molecule has 128 valence electrons. The summed E-state index contributed by atoms with van der Waals surface area (Å²) in [5, 5.41) is 0.985. The molecule has 0 fully saturated rings. The first-order valence-electron chi connectivity index (χ1n) is 7.32. The number of nitrogens with zero attached hydrogens (tertiary/aromatic N) is 2. The van der Waals surface area contributed by atoms with Gasteiger partial charge in [-0.2, -0.15) is 5.01 Å². The predicted octanol–water partition coefficient (Wildman–Crippen LogP) is 3.57. The zero-order valence-electron chi connectivity index (χ0n) is 14.8. The van der Waals surface area contributed by atoms with Crippen molar-refractivity contribution in [1.29, 1.82) is 0 Å². The average molecular weight is 323 g/mol. The number of carbonyl (C=O) groups excluding carboxylic acids is 2. The summed E-state index contributed by atoms with van der Waals surface area (Å²) in [4.78, 5) is 28.4. The number of pyridine rings is 1. The standard InChI is InChI=1S/C16H25N3O4/c1-11-8-12(10-17-9-11)19(14(21)23-16(5,6)7)18-13(20)22-15(2,3)4/h8-10H,1-7H3,(H,18,20). The molecule has 0 aliphatic carbocycles. The molecule has 0 bridgehead atoms. The van der Waals surface area contributed by atoms with E-state index < -0.39 is 23.4 Å². The van der Waals surface area contributed by atoms with Crippen LogP contribution in [0.1, 0.15) is 47.1 Å². The molecular formula is C16H25N3O4. The second-order valence-corrected chi connectivity index (χ2v) is 7.15. The van der Waals surface area contributed by atoms with Crippen LogP contribution in [0.4, 0.5) is 15.3 Å². The SMILES string of the molecule is Cc1cncc(N(NC(=O)OC(C)(C)C)C(=O)OC(C)(C)C)c1. The van der Waals surface area contributed by atoms with Crippen molar-refractivity contribution in [2.24, 2.45) is 0 Å². The van der Waals surface area contributed by atoms with Crippen molar-refractivity contribution in [2.75, 3.05) is 5.01 Å². The molecule has 1 heterocycles. The van der Waals surface area contributed by atoms with E-state index in [4.69, 9.17) is 9.47 Å². The van der Waals surface area contributed by atoms with Gasteiger partial charge in [0.15, 0.2) is 0 Å². The molecule has 0 aromatic carbocycles. The third-order valence-corrected chi connectivity index (χ3v) is 2.30. The van der Waals surface area contributed by atoms with E-state index in [0.29, 0.717) is 5.69 Å². The maximum absolute atomic E-state index is 12.4.